The number of hydrogen-bond acceptors (Lipinski definition) is 7. The number of hydrogen-bond donors (Lipinski definition) is 1. The summed E-state index contributed by atoms with van der Waals surface area (Å²) in [4.78, 5) is 24.1. The molecular formula is C19H25N3O4S. The summed E-state index contributed by atoms with van der Waals surface area (Å²) in [6, 6.07) is 5.33. The number of carbonyl (C=O) groups is 2. The van der Waals surface area contributed by atoms with Crippen LogP contribution in [0.3, 0.4) is 0 Å². The van der Waals surface area contributed by atoms with Crippen molar-refractivity contribution in [1.29, 1.82) is 0 Å². The van der Waals surface area contributed by atoms with E-state index >= 15 is 0 Å². The van der Waals surface area contributed by atoms with Crippen molar-refractivity contribution in [1.82, 2.24) is 15.5 Å². The van der Waals surface area contributed by atoms with Crippen molar-refractivity contribution < 1.29 is 18.7 Å². The molecule has 1 aromatic carbocycles. The van der Waals surface area contributed by atoms with Crippen molar-refractivity contribution in [2.45, 2.75) is 45.4 Å². The monoisotopic (exact) mass is 391 g/mol. The normalized spacial score (nSPS) is 13.1. The first-order chi connectivity index (χ1) is 12.8. The molecule has 1 heterocycles. The van der Waals surface area contributed by atoms with E-state index in [9.17, 15) is 9.59 Å². The molecule has 7 nitrogen and oxygen atoms in total. The van der Waals surface area contributed by atoms with Crippen LogP contribution in [0.4, 0.5) is 0 Å². The van der Waals surface area contributed by atoms with Crippen LogP contribution in [0.2, 0.25) is 0 Å². The fraction of sp³-hybridized carbons (Fsp3) is 0.474. The number of aryl methyl sites for hydroxylation is 2. The Morgan fingerprint density at radius 3 is 2.48 bits per heavy atom. The molecule has 2 atom stereocenters. The highest BCUT2D eigenvalue weighted by atomic mass is 32.2. The number of methoxy groups -OCH3 is 1. The van der Waals surface area contributed by atoms with Crippen molar-refractivity contribution in [2.75, 3.05) is 12.9 Å². The average Bonchev–Trinajstić information content (AvgIpc) is 3.11. The van der Waals surface area contributed by atoms with E-state index in [1.807, 2.05) is 39.8 Å². The van der Waals surface area contributed by atoms with Crippen LogP contribution in [0.5, 0.6) is 0 Å². The first-order valence-electron chi connectivity index (χ1n) is 8.76. The predicted molar refractivity (Wildman–Crippen MR) is 103 cm³/mol. The Bertz CT molecular complexity index is 786. The van der Waals surface area contributed by atoms with E-state index in [4.69, 9.17) is 9.15 Å². The number of thioether (sulfide) groups is 1. The van der Waals surface area contributed by atoms with Crippen LogP contribution in [0.25, 0.3) is 11.5 Å². The lowest BCUT2D eigenvalue weighted by Crippen LogP contribution is -2.46. The highest BCUT2D eigenvalue weighted by Crippen LogP contribution is 2.24. The SMILES string of the molecule is CC[C@@H](C)[C@H](NC(=O)CSc1nnc(-c2cc(C)cc(C)c2)o1)C(=O)OC. The van der Waals surface area contributed by atoms with Gasteiger partial charge >= 0.3 is 5.97 Å². The lowest BCUT2D eigenvalue weighted by Gasteiger charge is -2.21. The Kier molecular flexibility index (Phi) is 7.41. The quantitative estimate of drug-likeness (QED) is 0.545. The molecule has 146 valence electrons. The summed E-state index contributed by atoms with van der Waals surface area (Å²) in [5.41, 5.74) is 3.06. The molecule has 8 heteroatoms. The van der Waals surface area contributed by atoms with E-state index in [0.29, 0.717) is 11.1 Å². The second-order valence-electron chi connectivity index (χ2n) is 6.49. The van der Waals surface area contributed by atoms with Gasteiger partial charge in [0.25, 0.3) is 5.22 Å². The number of nitrogens with one attached hydrogen (secondary N) is 1. The predicted octanol–water partition coefficient (Wildman–Crippen LogP) is 3.15. The Balaban J connectivity index is 1.97. The largest absolute Gasteiger partial charge is 0.467 e. The van der Waals surface area contributed by atoms with Gasteiger partial charge in [0.05, 0.1) is 12.9 Å². The van der Waals surface area contributed by atoms with Gasteiger partial charge in [-0.2, -0.15) is 0 Å². The van der Waals surface area contributed by atoms with Gasteiger partial charge in [-0.25, -0.2) is 4.79 Å². The van der Waals surface area contributed by atoms with E-state index < -0.39 is 12.0 Å². The molecule has 27 heavy (non-hydrogen) atoms. The molecule has 0 fully saturated rings. The van der Waals surface area contributed by atoms with Crippen molar-refractivity contribution in [2.24, 2.45) is 5.92 Å². The van der Waals surface area contributed by atoms with Gasteiger partial charge in [0.1, 0.15) is 6.04 Å². The minimum absolute atomic E-state index is 0.0223. The Morgan fingerprint density at radius 2 is 1.89 bits per heavy atom. The van der Waals surface area contributed by atoms with Crippen molar-refractivity contribution >= 4 is 23.6 Å². The minimum atomic E-state index is -0.665. The Hall–Kier alpha value is -2.35. The van der Waals surface area contributed by atoms with Crippen LogP contribution in [-0.2, 0) is 14.3 Å². The highest BCUT2D eigenvalue weighted by Gasteiger charge is 2.26. The van der Waals surface area contributed by atoms with Gasteiger partial charge < -0.3 is 14.5 Å². The van der Waals surface area contributed by atoms with Crippen molar-refractivity contribution in [3.05, 3.63) is 29.3 Å². The summed E-state index contributed by atoms with van der Waals surface area (Å²) < 4.78 is 10.4. The number of aromatic nitrogens is 2. The van der Waals surface area contributed by atoms with Gasteiger partial charge in [0.15, 0.2) is 0 Å². The minimum Gasteiger partial charge on any atom is -0.467 e. The number of carbonyl (C=O) groups excluding carboxylic acids is 2. The molecule has 0 spiro atoms. The number of benzene rings is 1. The molecule has 0 aliphatic heterocycles. The fourth-order valence-electron chi connectivity index (χ4n) is 2.62. The topological polar surface area (TPSA) is 94.3 Å². The van der Waals surface area contributed by atoms with Crippen LogP contribution in [0, 0.1) is 19.8 Å². The average molecular weight is 391 g/mol. The number of esters is 1. The number of nitrogens with zero attached hydrogens (tertiary/aromatic N) is 2. The van der Waals surface area contributed by atoms with Crippen LogP contribution in [0.15, 0.2) is 27.8 Å². The van der Waals surface area contributed by atoms with E-state index in [-0.39, 0.29) is 17.6 Å². The summed E-state index contributed by atoms with van der Waals surface area (Å²) in [5, 5.41) is 11.0. The maximum atomic E-state index is 12.2. The number of amides is 1. The summed E-state index contributed by atoms with van der Waals surface area (Å²) in [7, 11) is 1.31. The van der Waals surface area contributed by atoms with Gasteiger partial charge in [-0.05, 0) is 31.9 Å². The first kappa shape index (κ1) is 21.0. The zero-order valence-electron chi connectivity index (χ0n) is 16.2. The lowest BCUT2D eigenvalue weighted by atomic mass is 9.99. The first-order valence-corrected chi connectivity index (χ1v) is 9.74. The van der Waals surface area contributed by atoms with Crippen LogP contribution in [-0.4, -0.2) is 41.0 Å². The molecule has 0 radical (unpaired) electrons. The van der Waals surface area contributed by atoms with Gasteiger partial charge in [-0.3, -0.25) is 4.79 Å². The molecule has 0 saturated heterocycles. The Labute approximate surface area is 163 Å². The van der Waals surface area contributed by atoms with E-state index in [1.165, 1.54) is 7.11 Å². The number of ether oxygens (including phenoxy) is 1. The van der Waals surface area contributed by atoms with Gasteiger partial charge in [-0.1, -0.05) is 49.2 Å². The molecule has 0 bridgehead atoms. The van der Waals surface area contributed by atoms with Gasteiger partial charge in [0.2, 0.25) is 11.8 Å². The molecule has 0 aliphatic rings. The summed E-state index contributed by atoms with van der Waals surface area (Å²) >= 11 is 1.13. The van der Waals surface area contributed by atoms with Crippen molar-refractivity contribution in [3.8, 4) is 11.5 Å². The molecule has 2 aromatic rings. The molecule has 1 N–H and O–H groups in total. The zero-order valence-corrected chi connectivity index (χ0v) is 17.1. The third-order valence-corrected chi connectivity index (χ3v) is 5.00. The van der Waals surface area contributed by atoms with E-state index in [1.54, 1.807) is 0 Å². The van der Waals surface area contributed by atoms with Crippen LogP contribution < -0.4 is 5.32 Å². The third kappa shape index (κ3) is 5.82. The molecule has 0 aliphatic carbocycles. The molecule has 0 saturated carbocycles. The summed E-state index contributed by atoms with van der Waals surface area (Å²) in [6.07, 6.45) is 0.746. The maximum Gasteiger partial charge on any atom is 0.328 e. The standard InChI is InChI=1S/C19H25N3O4S/c1-6-13(4)16(18(24)25-5)20-15(23)10-27-19-22-21-17(26-19)14-8-11(2)7-12(3)9-14/h7-9,13,16H,6,10H2,1-5H3,(H,20,23)/t13-,16+/m1/s1. The van der Waals surface area contributed by atoms with Gasteiger partial charge in [0, 0.05) is 5.56 Å². The van der Waals surface area contributed by atoms with Crippen LogP contribution in [0.1, 0.15) is 31.4 Å². The second kappa shape index (κ2) is 9.55. The summed E-state index contributed by atoms with van der Waals surface area (Å²) in [5.74, 6) is -0.277. The molecule has 1 amide bonds. The maximum absolute atomic E-state index is 12.2. The van der Waals surface area contributed by atoms with Crippen LogP contribution >= 0.6 is 11.8 Å². The second-order valence-corrected chi connectivity index (χ2v) is 7.42. The van der Waals surface area contributed by atoms with E-state index in [2.05, 4.69) is 21.6 Å². The lowest BCUT2D eigenvalue weighted by molar-refractivity contribution is -0.146. The smallest absolute Gasteiger partial charge is 0.328 e. The van der Waals surface area contributed by atoms with E-state index in [0.717, 1.165) is 34.9 Å². The molecular weight excluding hydrogens is 366 g/mol. The fourth-order valence-corrected chi connectivity index (χ4v) is 3.20. The molecule has 1 aromatic heterocycles. The number of rotatable bonds is 8. The summed E-state index contributed by atoms with van der Waals surface area (Å²) in [6.45, 7) is 7.85. The third-order valence-electron chi connectivity index (χ3n) is 4.19. The highest BCUT2D eigenvalue weighted by molar-refractivity contribution is 7.99. The molecule has 0 unspecified atom stereocenters. The van der Waals surface area contributed by atoms with Crippen molar-refractivity contribution in [3.63, 3.8) is 0 Å². The molecule has 2 rings (SSSR count). The van der Waals surface area contributed by atoms with Gasteiger partial charge in [-0.15, -0.1) is 10.2 Å². The zero-order chi connectivity index (χ0) is 20.0. The Morgan fingerprint density at radius 1 is 1.22 bits per heavy atom.